The fourth-order valence-corrected chi connectivity index (χ4v) is 1.77. The summed E-state index contributed by atoms with van der Waals surface area (Å²) in [5, 5.41) is 11.5. The van der Waals surface area contributed by atoms with E-state index in [1.54, 1.807) is 14.2 Å². The number of aryl methyl sites for hydroxylation is 1. The Morgan fingerprint density at radius 3 is 2.53 bits per heavy atom. The Morgan fingerprint density at radius 1 is 1.26 bits per heavy atom. The predicted molar refractivity (Wildman–Crippen MR) is 72.4 cm³/mol. The lowest BCUT2D eigenvalue weighted by Gasteiger charge is -2.13. The number of aliphatic hydroxyl groups is 1. The topological polar surface area (TPSA) is 67.8 Å². The molecule has 0 radical (unpaired) electrons. The zero-order valence-electron chi connectivity index (χ0n) is 11.7. The minimum atomic E-state index is -0.0874. The minimum absolute atomic E-state index is 0.0229. The number of hydrogen-bond acceptors (Lipinski definition) is 4. The number of aliphatic hydroxyl groups excluding tert-OH is 1. The molecule has 0 aliphatic heterocycles. The number of amides is 1. The van der Waals surface area contributed by atoms with Crippen LogP contribution in [-0.4, -0.2) is 31.8 Å². The van der Waals surface area contributed by atoms with Crippen LogP contribution in [0.1, 0.15) is 24.0 Å². The molecule has 0 bridgehead atoms. The first-order valence-corrected chi connectivity index (χ1v) is 6.21. The van der Waals surface area contributed by atoms with Gasteiger partial charge in [0.1, 0.15) is 11.5 Å². The molecule has 19 heavy (non-hydrogen) atoms. The van der Waals surface area contributed by atoms with Crippen LogP contribution in [0.25, 0.3) is 0 Å². The van der Waals surface area contributed by atoms with Gasteiger partial charge in [0.25, 0.3) is 0 Å². The number of nitrogens with one attached hydrogen (secondary N) is 1. The van der Waals surface area contributed by atoms with E-state index < -0.39 is 0 Å². The molecular weight excluding hydrogens is 246 g/mol. The van der Waals surface area contributed by atoms with E-state index >= 15 is 0 Å². The van der Waals surface area contributed by atoms with Crippen molar-refractivity contribution >= 4 is 5.91 Å². The maximum absolute atomic E-state index is 11.5. The van der Waals surface area contributed by atoms with Crippen molar-refractivity contribution in [2.45, 2.75) is 26.3 Å². The quantitative estimate of drug-likeness (QED) is 0.783. The standard InChI is InChI=1S/C14H21NO4/c1-10-7-13(19-3)11(8-12(10)18-2)9-15-14(17)5-4-6-16/h7-8,16H,4-6,9H2,1-3H3,(H,15,17). The molecule has 0 unspecified atom stereocenters. The number of hydrogen-bond donors (Lipinski definition) is 2. The second-order valence-corrected chi connectivity index (χ2v) is 4.24. The van der Waals surface area contributed by atoms with Crippen LogP contribution in [-0.2, 0) is 11.3 Å². The molecule has 106 valence electrons. The van der Waals surface area contributed by atoms with Gasteiger partial charge in [-0.25, -0.2) is 0 Å². The third kappa shape index (κ3) is 4.44. The molecule has 5 heteroatoms. The average Bonchev–Trinajstić information content (AvgIpc) is 2.43. The van der Waals surface area contributed by atoms with Gasteiger partial charge in [0, 0.05) is 25.1 Å². The van der Waals surface area contributed by atoms with Crippen molar-refractivity contribution in [2.75, 3.05) is 20.8 Å². The lowest BCUT2D eigenvalue weighted by Crippen LogP contribution is -2.23. The summed E-state index contributed by atoms with van der Waals surface area (Å²) >= 11 is 0. The molecule has 0 saturated carbocycles. The van der Waals surface area contributed by atoms with Gasteiger partial charge in [-0.05, 0) is 31.0 Å². The van der Waals surface area contributed by atoms with E-state index in [1.807, 2.05) is 19.1 Å². The smallest absolute Gasteiger partial charge is 0.220 e. The van der Waals surface area contributed by atoms with Gasteiger partial charge in [-0.2, -0.15) is 0 Å². The summed E-state index contributed by atoms with van der Waals surface area (Å²) in [6.07, 6.45) is 0.794. The van der Waals surface area contributed by atoms with Crippen molar-refractivity contribution in [3.05, 3.63) is 23.3 Å². The van der Waals surface area contributed by atoms with Gasteiger partial charge < -0.3 is 19.9 Å². The molecular formula is C14H21NO4. The lowest BCUT2D eigenvalue weighted by molar-refractivity contribution is -0.121. The summed E-state index contributed by atoms with van der Waals surface area (Å²) in [7, 11) is 3.21. The van der Waals surface area contributed by atoms with Gasteiger partial charge in [0.05, 0.1) is 14.2 Å². The maximum Gasteiger partial charge on any atom is 0.220 e. The molecule has 0 fully saturated rings. The van der Waals surface area contributed by atoms with Gasteiger partial charge in [0.2, 0.25) is 5.91 Å². The molecule has 0 atom stereocenters. The molecule has 0 aliphatic rings. The van der Waals surface area contributed by atoms with Crippen molar-refractivity contribution < 1.29 is 19.4 Å². The normalized spacial score (nSPS) is 10.1. The van der Waals surface area contributed by atoms with Crippen molar-refractivity contribution in [3.8, 4) is 11.5 Å². The van der Waals surface area contributed by atoms with Crippen LogP contribution >= 0.6 is 0 Å². The van der Waals surface area contributed by atoms with E-state index in [9.17, 15) is 4.79 Å². The third-order valence-electron chi connectivity index (χ3n) is 2.84. The van der Waals surface area contributed by atoms with E-state index in [0.717, 1.165) is 22.6 Å². The second-order valence-electron chi connectivity index (χ2n) is 4.24. The van der Waals surface area contributed by atoms with Crippen LogP contribution < -0.4 is 14.8 Å². The first-order chi connectivity index (χ1) is 9.12. The minimum Gasteiger partial charge on any atom is -0.496 e. The van der Waals surface area contributed by atoms with Gasteiger partial charge in [-0.1, -0.05) is 0 Å². The molecule has 2 N–H and O–H groups in total. The van der Waals surface area contributed by atoms with E-state index in [-0.39, 0.29) is 12.5 Å². The first kappa shape index (κ1) is 15.3. The number of rotatable bonds is 7. The Labute approximate surface area is 113 Å². The largest absolute Gasteiger partial charge is 0.496 e. The first-order valence-electron chi connectivity index (χ1n) is 6.21. The van der Waals surface area contributed by atoms with Crippen molar-refractivity contribution in [3.63, 3.8) is 0 Å². The summed E-state index contributed by atoms with van der Waals surface area (Å²) in [5.41, 5.74) is 1.84. The summed E-state index contributed by atoms with van der Waals surface area (Å²) in [6.45, 7) is 2.34. The third-order valence-corrected chi connectivity index (χ3v) is 2.84. The zero-order chi connectivity index (χ0) is 14.3. The van der Waals surface area contributed by atoms with Gasteiger partial charge in [0.15, 0.2) is 0 Å². The highest BCUT2D eigenvalue weighted by molar-refractivity contribution is 5.75. The molecule has 0 heterocycles. The highest BCUT2D eigenvalue weighted by atomic mass is 16.5. The molecule has 5 nitrogen and oxygen atoms in total. The molecule has 0 spiro atoms. The van der Waals surface area contributed by atoms with Crippen LogP contribution in [0.3, 0.4) is 0 Å². The van der Waals surface area contributed by atoms with Gasteiger partial charge in [-0.15, -0.1) is 0 Å². The van der Waals surface area contributed by atoms with Crippen LogP contribution in [0.15, 0.2) is 12.1 Å². The predicted octanol–water partition coefficient (Wildman–Crippen LogP) is 1.40. The molecule has 1 amide bonds. The Morgan fingerprint density at radius 2 is 1.95 bits per heavy atom. The van der Waals surface area contributed by atoms with Crippen LogP contribution in [0.5, 0.6) is 11.5 Å². The number of carbonyl (C=O) groups is 1. The number of benzene rings is 1. The van der Waals surface area contributed by atoms with Crippen molar-refractivity contribution in [2.24, 2.45) is 0 Å². The lowest BCUT2D eigenvalue weighted by atomic mass is 10.1. The Balaban J connectivity index is 2.73. The van der Waals surface area contributed by atoms with Crippen LogP contribution in [0.2, 0.25) is 0 Å². The summed E-state index contributed by atoms with van der Waals surface area (Å²) in [5.74, 6) is 1.40. The molecule has 1 aromatic carbocycles. The fourth-order valence-electron chi connectivity index (χ4n) is 1.77. The second kappa shape index (κ2) is 7.63. The van der Waals surface area contributed by atoms with E-state index in [2.05, 4.69) is 5.32 Å². The van der Waals surface area contributed by atoms with Crippen molar-refractivity contribution in [1.82, 2.24) is 5.32 Å². The SMILES string of the molecule is COc1cc(CNC(=O)CCCO)c(OC)cc1C. The van der Waals surface area contributed by atoms with Crippen LogP contribution in [0.4, 0.5) is 0 Å². The highest BCUT2D eigenvalue weighted by Gasteiger charge is 2.09. The van der Waals surface area contributed by atoms with E-state index in [1.165, 1.54) is 0 Å². The molecule has 1 rings (SSSR count). The fraction of sp³-hybridized carbons (Fsp3) is 0.500. The number of methoxy groups -OCH3 is 2. The monoisotopic (exact) mass is 267 g/mol. The molecule has 0 saturated heterocycles. The zero-order valence-corrected chi connectivity index (χ0v) is 11.7. The van der Waals surface area contributed by atoms with E-state index in [4.69, 9.17) is 14.6 Å². The highest BCUT2D eigenvalue weighted by Crippen LogP contribution is 2.28. The Hall–Kier alpha value is -1.75. The average molecular weight is 267 g/mol. The van der Waals surface area contributed by atoms with Gasteiger partial charge in [-0.3, -0.25) is 4.79 Å². The summed E-state index contributed by atoms with van der Waals surface area (Å²) in [6, 6.07) is 3.74. The molecule has 1 aromatic rings. The number of ether oxygens (including phenoxy) is 2. The maximum atomic E-state index is 11.5. The van der Waals surface area contributed by atoms with Crippen molar-refractivity contribution in [1.29, 1.82) is 0 Å². The summed E-state index contributed by atoms with van der Waals surface area (Å²) < 4.78 is 10.5. The molecule has 0 aromatic heterocycles. The molecule has 0 aliphatic carbocycles. The Kier molecular flexibility index (Phi) is 6.15. The number of carbonyl (C=O) groups excluding carboxylic acids is 1. The summed E-state index contributed by atoms with van der Waals surface area (Å²) in [4.78, 5) is 11.5. The van der Waals surface area contributed by atoms with Gasteiger partial charge >= 0.3 is 0 Å². The van der Waals surface area contributed by atoms with Crippen LogP contribution in [0, 0.1) is 6.92 Å². The van der Waals surface area contributed by atoms with E-state index in [0.29, 0.717) is 19.4 Å². The Bertz CT molecular complexity index is 432.